The van der Waals surface area contributed by atoms with Gasteiger partial charge in [-0.2, -0.15) is 5.10 Å². The summed E-state index contributed by atoms with van der Waals surface area (Å²) in [5, 5.41) is 23.7. The zero-order valence-electron chi connectivity index (χ0n) is 11.8. The van der Waals surface area contributed by atoms with E-state index >= 15 is 0 Å². The number of rotatable bonds is 4. The van der Waals surface area contributed by atoms with Gasteiger partial charge in [0.15, 0.2) is 11.0 Å². The molecular formula is C12H15N5O3S. The minimum atomic E-state index is -0.924. The highest BCUT2D eigenvalue weighted by Crippen LogP contribution is 2.29. The molecule has 2 heterocycles. The van der Waals surface area contributed by atoms with E-state index in [1.54, 1.807) is 10.6 Å². The Morgan fingerprint density at radius 3 is 2.62 bits per heavy atom. The van der Waals surface area contributed by atoms with Gasteiger partial charge >= 0.3 is 5.97 Å². The number of aromatic nitrogens is 5. The predicted molar refractivity (Wildman–Crippen MR) is 77.2 cm³/mol. The summed E-state index contributed by atoms with van der Waals surface area (Å²) in [5.74, 6) is -0.549. The van der Waals surface area contributed by atoms with Crippen molar-refractivity contribution in [1.82, 2.24) is 25.0 Å². The Morgan fingerprint density at radius 2 is 2.10 bits per heavy atom. The van der Waals surface area contributed by atoms with Gasteiger partial charge in [0.25, 0.3) is 5.56 Å². The standard InChI is InChI=1S/C12H15N5O3S/c1-12(2,3)17-10(7-4-5-8(18)14-13-7)15-16-11(17)21-6-9(19)20/h4-5H,6H2,1-3H3,(H,14,18)(H,19,20). The first-order chi connectivity index (χ1) is 9.79. The van der Waals surface area contributed by atoms with Crippen LogP contribution in [0.25, 0.3) is 11.5 Å². The fourth-order valence-electron chi connectivity index (χ4n) is 1.73. The van der Waals surface area contributed by atoms with E-state index in [1.165, 1.54) is 6.07 Å². The zero-order valence-corrected chi connectivity index (χ0v) is 12.6. The lowest BCUT2D eigenvalue weighted by Gasteiger charge is -2.24. The summed E-state index contributed by atoms with van der Waals surface area (Å²) >= 11 is 1.09. The smallest absolute Gasteiger partial charge is 0.313 e. The fourth-order valence-corrected chi connectivity index (χ4v) is 2.57. The van der Waals surface area contributed by atoms with E-state index in [2.05, 4.69) is 20.4 Å². The lowest BCUT2D eigenvalue weighted by molar-refractivity contribution is -0.133. The Balaban J connectivity index is 2.49. The van der Waals surface area contributed by atoms with Crippen molar-refractivity contribution in [2.75, 3.05) is 5.75 Å². The molecule has 2 aromatic rings. The van der Waals surface area contributed by atoms with Gasteiger partial charge in [0.05, 0.1) is 5.75 Å². The normalized spacial score (nSPS) is 11.6. The van der Waals surface area contributed by atoms with E-state index < -0.39 is 5.97 Å². The molecular weight excluding hydrogens is 294 g/mol. The third-order valence-electron chi connectivity index (χ3n) is 2.54. The topological polar surface area (TPSA) is 114 Å². The van der Waals surface area contributed by atoms with Crippen LogP contribution in [0.3, 0.4) is 0 Å². The first-order valence-corrected chi connectivity index (χ1v) is 7.14. The van der Waals surface area contributed by atoms with Crippen LogP contribution in [-0.2, 0) is 10.3 Å². The van der Waals surface area contributed by atoms with Crippen LogP contribution >= 0.6 is 11.8 Å². The van der Waals surface area contributed by atoms with E-state index in [0.29, 0.717) is 16.7 Å². The van der Waals surface area contributed by atoms with E-state index in [4.69, 9.17) is 5.11 Å². The van der Waals surface area contributed by atoms with Gasteiger partial charge in [-0.25, -0.2) is 5.10 Å². The van der Waals surface area contributed by atoms with E-state index in [9.17, 15) is 9.59 Å². The van der Waals surface area contributed by atoms with Gasteiger partial charge in [-0.05, 0) is 26.8 Å². The summed E-state index contributed by atoms with van der Waals surface area (Å²) < 4.78 is 1.81. The highest BCUT2D eigenvalue weighted by molar-refractivity contribution is 7.99. The molecule has 0 amide bonds. The van der Waals surface area contributed by atoms with Crippen LogP contribution in [0.1, 0.15) is 20.8 Å². The van der Waals surface area contributed by atoms with E-state index in [-0.39, 0.29) is 16.9 Å². The summed E-state index contributed by atoms with van der Waals surface area (Å²) in [7, 11) is 0. The van der Waals surface area contributed by atoms with Crippen molar-refractivity contribution in [3.05, 3.63) is 22.5 Å². The number of aliphatic carboxylic acids is 1. The molecule has 8 nitrogen and oxygen atoms in total. The number of nitrogens with one attached hydrogen (secondary N) is 1. The van der Waals surface area contributed by atoms with Crippen LogP contribution in [-0.4, -0.2) is 41.8 Å². The minimum Gasteiger partial charge on any atom is -0.481 e. The predicted octanol–water partition coefficient (Wildman–Crippen LogP) is 0.960. The second kappa shape index (κ2) is 5.68. The van der Waals surface area contributed by atoms with Crippen molar-refractivity contribution < 1.29 is 9.90 Å². The van der Waals surface area contributed by atoms with Gasteiger partial charge in [-0.3, -0.25) is 14.2 Å². The van der Waals surface area contributed by atoms with Crippen molar-refractivity contribution in [3.8, 4) is 11.5 Å². The molecule has 112 valence electrons. The van der Waals surface area contributed by atoms with Crippen LogP contribution < -0.4 is 5.56 Å². The zero-order chi connectivity index (χ0) is 15.6. The van der Waals surface area contributed by atoms with Crippen molar-refractivity contribution >= 4 is 17.7 Å². The van der Waals surface area contributed by atoms with Crippen LogP contribution in [0.4, 0.5) is 0 Å². The molecule has 21 heavy (non-hydrogen) atoms. The Labute approximate surface area is 124 Å². The Bertz CT molecular complexity index is 696. The van der Waals surface area contributed by atoms with Crippen LogP contribution in [0, 0.1) is 0 Å². The number of carboxylic acid groups (broad SMARTS) is 1. The molecule has 9 heteroatoms. The number of hydrogen-bond acceptors (Lipinski definition) is 6. The summed E-state index contributed by atoms with van der Waals surface area (Å²) in [6, 6.07) is 2.91. The molecule has 0 saturated heterocycles. The molecule has 0 aliphatic rings. The molecule has 0 aromatic carbocycles. The van der Waals surface area contributed by atoms with Gasteiger partial charge in [-0.15, -0.1) is 10.2 Å². The van der Waals surface area contributed by atoms with Crippen LogP contribution in [0.15, 0.2) is 22.1 Å². The van der Waals surface area contributed by atoms with E-state index in [0.717, 1.165) is 11.8 Å². The number of H-pyrrole nitrogens is 1. The summed E-state index contributed by atoms with van der Waals surface area (Å²) in [5.41, 5.74) is -0.197. The number of nitrogens with zero attached hydrogens (tertiary/aromatic N) is 4. The van der Waals surface area contributed by atoms with Crippen molar-refractivity contribution in [3.63, 3.8) is 0 Å². The molecule has 0 saturated carbocycles. The number of carboxylic acids is 1. The number of carbonyl (C=O) groups is 1. The number of hydrogen-bond donors (Lipinski definition) is 2. The van der Waals surface area contributed by atoms with Crippen LogP contribution in [0.5, 0.6) is 0 Å². The van der Waals surface area contributed by atoms with Gasteiger partial charge in [-0.1, -0.05) is 11.8 Å². The molecule has 0 atom stereocenters. The minimum absolute atomic E-state index is 0.104. The monoisotopic (exact) mass is 309 g/mol. The van der Waals surface area contributed by atoms with E-state index in [1.807, 2.05) is 20.8 Å². The van der Waals surface area contributed by atoms with Gasteiger partial charge in [0, 0.05) is 11.6 Å². The third kappa shape index (κ3) is 3.48. The van der Waals surface area contributed by atoms with Crippen molar-refractivity contribution in [2.24, 2.45) is 0 Å². The second-order valence-corrected chi connectivity index (χ2v) is 6.24. The molecule has 0 radical (unpaired) electrons. The maximum Gasteiger partial charge on any atom is 0.313 e. The molecule has 2 aromatic heterocycles. The molecule has 0 spiro atoms. The fraction of sp³-hybridized carbons (Fsp3) is 0.417. The first-order valence-electron chi connectivity index (χ1n) is 6.15. The molecule has 0 aliphatic carbocycles. The Morgan fingerprint density at radius 1 is 1.38 bits per heavy atom. The molecule has 0 fully saturated rings. The first kappa shape index (κ1) is 15.2. The quantitative estimate of drug-likeness (QED) is 0.808. The largest absolute Gasteiger partial charge is 0.481 e. The van der Waals surface area contributed by atoms with Gasteiger partial charge < -0.3 is 5.11 Å². The Kier molecular flexibility index (Phi) is 4.12. The maximum atomic E-state index is 11.1. The van der Waals surface area contributed by atoms with Crippen molar-refractivity contribution in [1.29, 1.82) is 0 Å². The maximum absolute atomic E-state index is 11.1. The molecule has 2 N–H and O–H groups in total. The SMILES string of the molecule is CC(C)(C)n1c(SCC(=O)O)nnc1-c1ccc(=O)[nH]n1. The lowest BCUT2D eigenvalue weighted by Crippen LogP contribution is -2.24. The summed E-state index contributed by atoms with van der Waals surface area (Å²) in [4.78, 5) is 21.8. The molecule has 2 rings (SSSR count). The number of aromatic amines is 1. The molecule has 0 bridgehead atoms. The lowest BCUT2D eigenvalue weighted by atomic mass is 10.1. The van der Waals surface area contributed by atoms with Crippen molar-refractivity contribution in [2.45, 2.75) is 31.5 Å². The van der Waals surface area contributed by atoms with Gasteiger partial charge in [0.1, 0.15) is 5.69 Å². The second-order valence-electron chi connectivity index (χ2n) is 5.30. The average molecular weight is 309 g/mol. The third-order valence-corrected chi connectivity index (χ3v) is 3.45. The average Bonchev–Trinajstić information content (AvgIpc) is 2.81. The summed E-state index contributed by atoms with van der Waals surface area (Å²) in [6.45, 7) is 5.86. The Hall–Kier alpha value is -2.16. The van der Waals surface area contributed by atoms with Gasteiger partial charge in [0.2, 0.25) is 0 Å². The highest BCUT2D eigenvalue weighted by Gasteiger charge is 2.25. The number of thioether (sulfide) groups is 1. The highest BCUT2D eigenvalue weighted by atomic mass is 32.2. The van der Waals surface area contributed by atoms with Crippen LogP contribution in [0.2, 0.25) is 0 Å². The molecule has 0 unspecified atom stereocenters. The summed E-state index contributed by atoms with van der Waals surface area (Å²) in [6.07, 6.45) is 0. The molecule has 0 aliphatic heterocycles.